The normalized spacial score (nSPS) is 26.1. The molecule has 1 saturated carbocycles. The average molecular weight is 184 g/mol. The third-order valence-electron chi connectivity index (χ3n) is 2.76. The van der Waals surface area contributed by atoms with Crippen LogP contribution in [-0.2, 0) is 0 Å². The standard InChI is InChI=1S/C11H22.C2H6/c1-9-6-10(2,3)8-11(4,5)7-9;1-2/h9H,6-8H2,1-5H3;1-2H3. The van der Waals surface area contributed by atoms with Crippen molar-refractivity contribution >= 4 is 0 Å². The predicted octanol–water partition coefficient (Wildman–Crippen LogP) is 4.89. The first-order chi connectivity index (χ1) is 5.81. The first-order valence-corrected chi connectivity index (χ1v) is 5.81. The number of hydrogen-bond donors (Lipinski definition) is 0. The Kier molecular flexibility index (Phi) is 4.48. The molecule has 80 valence electrons. The second-order valence-electron chi connectivity index (χ2n) is 6.02. The summed E-state index contributed by atoms with van der Waals surface area (Å²) in [6.07, 6.45) is 4.22. The minimum atomic E-state index is 0.584. The highest BCUT2D eigenvalue weighted by Crippen LogP contribution is 2.47. The lowest BCUT2D eigenvalue weighted by atomic mass is 9.62. The van der Waals surface area contributed by atoms with Crippen LogP contribution in [0.25, 0.3) is 0 Å². The highest BCUT2D eigenvalue weighted by atomic mass is 14.4. The minimum Gasteiger partial charge on any atom is -0.0683 e. The fourth-order valence-electron chi connectivity index (χ4n) is 3.40. The molecule has 1 aliphatic rings. The Labute approximate surface area is 85.1 Å². The SMILES string of the molecule is CC.CC1CC(C)(C)CC(C)(C)C1. The second-order valence-corrected chi connectivity index (χ2v) is 6.02. The van der Waals surface area contributed by atoms with Crippen LogP contribution in [0.4, 0.5) is 0 Å². The molecule has 0 saturated heterocycles. The van der Waals surface area contributed by atoms with Gasteiger partial charge in [-0.25, -0.2) is 0 Å². The Morgan fingerprint density at radius 1 is 0.846 bits per heavy atom. The quantitative estimate of drug-likeness (QED) is 0.503. The summed E-state index contributed by atoms with van der Waals surface area (Å²) < 4.78 is 0. The molecule has 0 radical (unpaired) electrons. The summed E-state index contributed by atoms with van der Waals surface area (Å²) >= 11 is 0. The summed E-state index contributed by atoms with van der Waals surface area (Å²) in [5.74, 6) is 0.925. The predicted molar refractivity (Wildman–Crippen MR) is 61.9 cm³/mol. The van der Waals surface area contributed by atoms with Gasteiger partial charge in [-0.2, -0.15) is 0 Å². The van der Waals surface area contributed by atoms with E-state index in [1.165, 1.54) is 19.3 Å². The summed E-state index contributed by atoms with van der Waals surface area (Å²) in [4.78, 5) is 0. The van der Waals surface area contributed by atoms with E-state index in [4.69, 9.17) is 0 Å². The van der Waals surface area contributed by atoms with E-state index in [2.05, 4.69) is 34.6 Å². The van der Waals surface area contributed by atoms with Crippen LogP contribution >= 0.6 is 0 Å². The zero-order chi connectivity index (χ0) is 10.7. The van der Waals surface area contributed by atoms with Crippen LogP contribution in [0.15, 0.2) is 0 Å². The Morgan fingerprint density at radius 3 is 1.38 bits per heavy atom. The van der Waals surface area contributed by atoms with E-state index < -0.39 is 0 Å². The third-order valence-corrected chi connectivity index (χ3v) is 2.76. The first-order valence-electron chi connectivity index (χ1n) is 5.81. The molecule has 0 aliphatic heterocycles. The van der Waals surface area contributed by atoms with Crippen molar-refractivity contribution in [1.82, 2.24) is 0 Å². The van der Waals surface area contributed by atoms with E-state index in [1.807, 2.05) is 13.8 Å². The summed E-state index contributed by atoms with van der Waals surface area (Å²) in [6.45, 7) is 16.0. The van der Waals surface area contributed by atoms with Gasteiger partial charge >= 0.3 is 0 Å². The summed E-state index contributed by atoms with van der Waals surface area (Å²) in [6, 6.07) is 0. The molecule has 0 nitrogen and oxygen atoms in total. The van der Waals surface area contributed by atoms with E-state index in [1.54, 1.807) is 0 Å². The van der Waals surface area contributed by atoms with E-state index in [-0.39, 0.29) is 0 Å². The summed E-state index contributed by atoms with van der Waals surface area (Å²) in [5.41, 5.74) is 1.17. The van der Waals surface area contributed by atoms with Crippen molar-refractivity contribution in [3.8, 4) is 0 Å². The average Bonchev–Trinajstić information content (AvgIpc) is 1.82. The van der Waals surface area contributed by atoms with Crippen molar-refractivity contribution in [2.75, 3.05) is 0 Å². The molecule has 0 aromatic heterocycles. The topological polar surface area (TPSA) is 0 Å². The molecule has 0 aromatic rings. The Morgan fingerprint density at radius 2 is 1.15 bits per heavy atom. The molecule has 13 heavy (non-hydrogen) atoms. The largest absolute Gasteiger partial charge is 0.0683 e. The molecule has 1 rings (SSSR count). The van der Waals surface area contributed by atoms with Crippen LogP contribution in [0.5, 0.6) is 0 Å². The third kappa shape index (κ3) is 4.69. The van der Waals surface area contributed by atoms with Gasteiger partial charge in [0.1, 0.15) is 0 Å². The molecule has 0 heterocycles. The van der Waals surface area contributed by atoms with Crippen LogP contribution < -0.4 is 0 Å². The monoisotopic (exact) mass is 184 g/mol. The minimum absolute atomic E-state index is 0.584. The maximum atomic E-state index is 2.41. The van der Waals surface area contributed by atoms with Gasteiger partial charge in [-0.05, 0) is 36.0 Å². The van der Waals surface area contributed by atoms with Gasteiger partial charge in [-0.15, -0.1) is 0 Å². The van der Waals surface area contributed by atoms with Gasteiger partial charge in [-0.3, -0.25) is 0 Å². The van der Waals surface area contributed by atoms with Gasteiger partial charge in [0.25, 0.3) is 0 Å². The van der Waals surface area contributed by atoms with E-state index in [9.17, 15) is 0 Å². The Bertz CT molecular complexity index is 126. The lowest BCUT2D eigenvalue weighted by molar-refractivity contribution is 0.0754. The summed E-state index contributed by atoms with van der Waals surface area (Å²) in [7, 11) is 0. The molecular formula is C13H28. The van der Waals surface area contributed by atoms with Crippen LogP contribution in [0.1, 0.15) is 67.7 Å². The van der Waals surface area contributed by atoms with Crippen molar-refractivity contribution in [3.05, 3.63) is 0 Å². The molecule has 0 aromatic carbocycles. The van der Waals surface area contributed by atoms with Crippen LogP contribution in [0.3, 0.4) is 0 Å². The zero-order valence-corrected chi connectivity index (χ0v) is 10.7. The fraction of sp³-hybridized carbons (Fsp3) is 1.00. The van der Waals surface area contributed by atoms with Gasteiger partial charge in [-0.1, -0.05) is 48.5 Å². The number of rotatable bonds is 0. The maximum Gasteiger partial charge on any atom is -0.0347 e. The van der Waals surface area contributed by atoms with Crippen molar-refractivity contribution < 1.29 is 0 Å². The molecule has 0 heteroatoms. The molecule has 0 amide bonds. The van der Waals surface area contributed by atoms with Gasteiger partial charge in [0.15, 0.2) is 0 Å². The lowest BCUT2D eigenvalue weighted by Gasteiger charge is -2.44. The van der Waals surface area contributed by atoms with Crippen LogP contribution in [-0.4, -0.2) is 0 Å². The Balaban J connectivity index is 0.000000671. The molecule has 0 bridgehead atoms. The highest BCUT2D eigenvalue weighted by Gasteiger charge is 2.36. The van der Waals surface area contributed by atoms with Crippen molar-refractivity contribution in [1.29, 1.82) is 0 Å². The molecule has 1 fully saturated rings. The Hall–Kier alpha value is 0. The van der Waals surface area contributed by atoms with E-state index >= 15 is 0 Å². The van der Waals surface area contributed by atoms with Crippen LogP contribution in [0, 0.1) is 16.7 Å². The highest BCUT2D eigenvalue weighted by molar-refractivity contribution is 4.87. The van der Waals surface area contributed by atoms with E-state index in [0.717, 1.165) is 5.92 Å². The van der Waals surface area contributed by atoms with Gasteiger partial charge in [0.05, 0.1) is 0 Å². The van der Waals surface area contributed by atoms with Crippen molar-refractivity contribution in [2.24, 2.45) is 16.7 Å². The van der Waals surface area contributed by atoms with Gasteiger partial charge < -0.3 is 0 Å². The van der Waals surface area contributed by atoms with Crippen molar-refractivity contribution in [2.45, 2.75) is 67.7 Å². The molecular weight excluding hydrogens is 156 g/mol. The van der Waals surface area contributed by atoms with Gasteiger partial charge in [0.2, 0.25) is 0 Å². The molecule has 0 N–H and O–H groups in total. The molecule has 0 unspecified atom stereocenters. The molecule has 0 spiro atoms. The smallest absolute Gasteiger partial charge is 0.0347 e. The number of hydrogen-bond acceptors (Lipinski definition) is 0. The zero-order valence-electron chi connectivity index (χ0n) is 10.7. The second kappa shape index (κ2) is 4.48. The van der Waals surface area contributed by atoms with Gasteiger partial charge in [0, 0.05) is 0 Å². The fourth-order valence-corrected chi connectivity index (χ4v) is 3.40. The molecule has 0 atom stereocenters. The van der Waals surface area contributed by atoms with Crippen LogP contribution in [0.2, 0.25) is 0 Å². The van der Waals surface area contributed by atoms with Crippen molar-refractivity contribution in [3.63, 3.8) is 0 Å². The maximum absolute atomic E-state index is 2.41. The van der Waals surface area contributed by atoms with E-state index in [0.29, 0.717) is 10.8 Å². The lowest BCUT2D eigenvalue weighted by Crippen LogP contribution is -2.32. The first kappa shape index (κ1) is 13.0. The molecule has 1 aliphatic carbocycles. The summed E-state index contributed by atoms with van der Waals surface area (Å²) in [5, 5.41) is 0.